The van der Waals surface area contributed by atoms with Gasteiger partial charge < -0.3 is 4.90 Å². The molecule has 1 nitrogen and oxygen atoms in total. The summed E-state index contributed by atoms with van der Waals surface area (Å²) in [5, 5.41) is 0. The van der Waals surface area contributed by atoms with E-state index >= 15 is 0 Å². The van der Waals surface area contributed by atoms with Gasteiger partial charge in [0.05, 0.1) is 5.56 Å². The van der Waals surface area contributed by atoms with Crippen molar-refractivity contribution in [3.63, 3.8) is 0 Å². The van der Waals surface area contributed by atoms with Gasteiger partial charge in [0.2, 0.25) is 0 Å². The molecular weight excluding hydrogens is 299 g/mol. The van der Waals surface area contributed by atoms with E-state index in [4.69, 9.17) is 0 Å². The number of rotatable bonds is 11. The van der Waals surface area contributed by atoms with Gasteiger partial charge >= 0.3 is 6.18 Å². The van der Waals surface area contributed by atoms with Crippen LogP contribution in [-0.4, -0.2) is 18.5 Å². The maximum atomic E-state index is 12.7. The second-order valence-electron chi connectivity index (χ2n) is 6.41. The van der Waals surface area contributed by atoms with Crippen LogP contribution in [0.5, 0.6) is 0 Å². The van der Waals surface area contributed by atoms with Gasteiger partial charge in [0.15, 0.2) is 0 Å². The van der Waals surface area contributed by atoms with Gasteiger partial charge in [0.1, 0.15) is 0 Å². The van der Waals surface area contributed by atoms with Crippen LogP contribution >= 0.6 is 0 Å². The fourth-order valence-electron chi connectivity index (χ4n) is 2.75. The third-order valence-corrected chi connectivity index (χ3v) is 4.10. The number of benzene rings is 1. The number of unbranched alkanes of at least 4 members (excludes halogenated alkanes) is 7. The van der Waals surface area contributed by atoms with Crippen LogP contribution in [-0.2, 0) is 12.7 Å². The van der Waals surface area contributed by atoms with E-state index in [1.165, 1.54) is 57.1 Å². The lowest BCUT2D eigenvalue weighted by Crippen LogP contribution is -2.19. The number of halogens is 3. The summed E-state index contributed by atoms with van der Waals surface area (Å²) >= 11 is 0. The first-order valence-electron chi connectivity index (χ1n) is 8.78. The Kier molecular flexibility index (Phi) is 9.30. The molecule has 0 aliphatic carbocycles. The summed E-state index contributed by atoms with van der Waals surface area (Å²) in [4.78, 5) is 2.10. The number of nitrogens with zero attached hydrogens (tertiary/aromatic N) is 1. The second-order valence-corrected chi connectivity index (χ2v) is 6.41. The predicted molar refractivity (Wildman–Crippen MR) is 90.4 cm³/mol. The second kappa shape index (κ2) is 10.7. The largest absolute Gasteiger partial charge is 0.416 e. The van der Waals surface area contributed by atoms with Crippen molar-refractivity contribution in [3.05, 3.63) is 35.4 Å². The molecule has 0 radical (unpaired) electrons. The van der Waals surface area contributed by atoms with Crippen molar-refractivity contribution in [3.8, 4) is 0 Å². The van der Waals surface area contributed by atoms with Gasteiger partial charge in [-0.25, -0.2) is 0 Å². The Morgan fingerprint density at radius 1 is 0.913 bits per heavy atom. The Morgan fingerprint density at radius 3 is 2.13 bits per heavy atom. The van der Waals surface area contributed by atoms with Crippen molar-refractivity contribution < 1.29 is 13.2 Å². The summed E-state index contributed by atoms with van der Waals surface area (Å²) in [5.74, 6) is 0. The highest BCUT2D eigenvalue weighted by atomic mass is 19.4. The highest BCUT2D eigenvalue weighted by Gasteiger charge is 2.30. The van der Waals surface area contributed by atoms with Gasteiger partial charge in [-0.15, -0.1) is 0 Å². The molecular formula is C19H30F3N. The summed E-state index contributed by atoms with van der Waals surface area (Å²) in [6.07, 6.45) is 5.91. The standard InChI is InChI=1S/C19H30F3N/c1-3-4-5-6-7-8-9-10-14-23(2)16-17-12-11-13-18(15-17)19(20,21)22/h11-13,15H,3-10,14,16H2,1-2H3. The van der Waals surface area contributed by atoms with Crippen LogP contribution in [0.1, 0.15) is 69.4 Å². The predicted octanol–water partition coefficient (Wildman–Crippen LogP) is 6.28. The van der Waals surface area contributed by atoms with Gasteiger partial charge in [-0.3, -0.25) is 0 Å². The average molecular weight is 329 g/mol. The van der Waals surface area contributed by atoms with Crippen molar-refractivity contribution in [2.75, 3.05) is 13.6 Å². The Labute approximate surface area is 138 Å². The normalized spacial score (nSPS) is 12.1. The van der Waals surface area contributed by atoms with Gasteiger partial charge in [0.25, 0.3) is 0 Å². The molecule has 0 saturated heterocycles. The lowest BCUT2D eigenvalue weighted by molar-refractivity contribution is -0.137. The van der Waals surface area contributed by atoms with E-state index in [0.717, 1.165) is 24.6 Å². The molecule has 0 unspecified atom stereocenters. The molecule has 0 bridgehead atoms. The number of hydrogen-bond donors (Lipinski definition) is 0. The van der Waals surface area contributed by atoms with Gasteiger partial charge in [0, 0.05) is 6.54 Å². The first-order chi connectivity index (χ1) is 10.9. The van der Waals surface area contributed by atoms with E-state index in [9.17, 15) is 13.2 Å². The zero-order chi connectivity index (χ0) is 17.1. The fourth-order valence-corrected chi connectivity index (χ4v) is 2.75. The summed E-state index contributed by atoms with van der Waals surface area (Å²) in [7, 11) is 1.97. The minimum Gasteiger partial charge on any atom is -0.302 e. The fraction of sp³-hybridized carbons (Fsp3) is 0.684. The Bertz CT molecular complexity index is 429. The minimum absolute atomic E-state index is 0.560. The molecule has 4 heteroatoms. The number of alkyl halides is 3. The molecule has 0 atom stereocenters. The lowest BCUT2D eigenvalue weighted by atomic mass is 10.1. The van der Waals surface area contributed by atoms with E-state index in [-0.39, 0.29) is 0 Å². The van der Waals surface area contributed by atoms with E-state index in [2.05, 4.69) is 11.8 Å². The van der Waals surface area contributed by atoms with E-state index in [1.807, 2.05) is 7.05 Å². The smallest absolute Gasteiger partial charge is 0.302 e. The first-order valence-corrected chi connectivity index (χ1v) is 8.78. The lowest BCUT2D eigenvalue weighted by Gasteiger charge is -2.17. The van der Waals surface area contributed by atoms with Crippen molar-refractivity contribution in [1.82, 2.24) is 4.90 Å². The summed E-state index contributed by atoms with van der Waals surface area (Å²) < 4.78 is 38.1. The van der Waals surface area contributed by atoms with Crippen LogP contribution in [0, 0.1) is 0 Å². The topological polar surface area (TPSA) is 3.24 Å². The highest BCUT2D eigenvalue weighted by molar-refractivity contribution is 5.25. The molecule has 0 aromatic heterocycles. The summed E-state index contributed by atoms with van der Waals surface area (Å²) in [6, 6.07) is 5.63. The first kappa shape index (κ1) is 20.0. The van der Waals surface area contributed by atoms with Gasteiger partial charge in [-0.1, -0.05) is 70.1 Å². The molecule has 0 amide bonds. The summed E-state index contributed by atoms with van der Waals surface area (Å²) in [6.45, 7) is 3.73. The summed E-state index contributed by atoms with van der Waals surface area (Å²) in [5.41, 5.74) is 0.164. The number of hydrogen-bond acceptors (Lipinski definition) is 1. The molecule has 0 heterocycles. The maximum Gasteiger partial charge on any atom is 0.416 e. The van der Waals surface area contributed by atoms with Crippen molar-refractivity contribution in [1.29, 1.82) is 0 Å². The average Bonchev–Trinajstić information content (AvgIpc) is 2.49. The zero-order valence-corrected chi connectivity index (χ0v) is 14.5. The zero-order valence-electron chi connectivity index (χ0n) is 14.5. The van der Waals surface area contributed by atoms with Crippen molar-refractivity contribution in [2.45, 2.75) is 71.0 Å². The van der Waals surface area contributed by atoms with Crippen LogP contribution in [0.2, 0.25) is 0 Å². The Balaban J connectivity index is 2.20. The molecule has 0 spiro atoms. The molecule has 1 aromatic carbocycles. The maximum absolute atomic E-state index is 12.7. The van der Waals surface area contributed by atoms with Crippen LogP contribution in [0.15, 0.2) is 24.3 Å². The third-order valence-electron chi connectivity index (χ3n) is 4.10. The van der Waals surface area contributed by atoms with E-state index < -0.39 is 11.7 Å². The minimum atomic E-state index is -4.26. The van der Waals surface area contributed by atoms with Gasteiger partial charge in [-0.2, -0.15) is 13.2 Å². The molecule has 1 rings (SSSR count). The SMILES string of the molecule is CCCCCCCCCCN(C)Cc1cccc(C(F)(F)F)c1. The molecule has 1 aromatic rings. The molecule has 0 saturated carbocycles. The highest BCUT2D eigenvalue weighted by Crippen LogP contribution is 2.29. The third kappa shape index (κ3) is 8.99. The molecule has 23 heavy (non-hydrogen) atoms. The molecule has 0 aliphatic rings. The van der Waals surface area contributed by atoms with Crippen LogP contribution in [0.25, 0.3) is 0 Å². The molecule has 0 aliphatic heterocycles. The Morgan fingerprint density at radius 2 is 1.52 bits per heavy atom. The van der Waals surface area contributed by atoms with E-state index in [1.54, 1.807) is 6.07 Å². The quantitative estimate of drug-likeness (QED) is 0.432. The van der Waals surface area contributed by atoms with E-state index in [0.29, 0.717) is 6.54 Å². The van der Waals surface area contributed by atoms with Gasteiger partial charge in [-0.05, 0) is 31.6 Å². The molecule has 0 N–H and O–H groups in total. The van der Waals surface area contributed by atoms with Crippen molar-refractivity contribution in [2.24, 2.45) is 0 Å². The van der Waals surface area contributed by atoms with Crippen LogP contribution in [0.4, 0.5) is 13.2 Å². The van der Waals surface area contributed by atoms with Crippen LogP contribution in [0.3, 0.4) is 0 Å². The molecule has 0 fully saturated rings. The van der Waals surface area contributed by atoms with Crippen molar-refractivity contribution >= 4 is 0 Å². The monoisotopic (exact) mass is 329 g/mol. The molecule has 132 valence electrons. The Hall–Kier alpha value is -1.03. The van der Waals surface area contributed by atoms with Crippen LogP contribution < -0.4 is 0 Å².